The van der Waals surface area contributed by atoms with Crippen molar-refractivity contribution in [1.29, 1.82) is 0 Å². The lowest BCUT2D eigenvalue weighted by molar-refractivity contribution is -0.136. The number of fused-ring (bicyclic) bond motifs is 1. The smallest absolute Gasteiger partial charge is 0.262 e. The van der Waals surface area contributed by atoms with Crippen molar-refractivity contribution < 1.29 is 14.4 Å². The van der Waals surface area contributed by atoms with E-state index in [1.54, 1.807) is 17.0 Å². The summed E-state index contributed by atoms with van der Waals surface area (Å²) in [6, 6.07) is 14.3. The molecule has 0 N–H and O–H groups in total. The third-order valence-corrected chi connectivity index (χ3v) is 5.66. The third kappa shape index (κ3) is 3.37. The van der Waals surface area contributed by atoms with Gasteiger partial charge in [0.1, 0.15) is 6.04 Å². The molecule has 4 rings (SSSR count). The van der Waals surface area contributed by atoms with Crippen LogP contribution in [0.25, 0.3) is 0 Å². The van der Waals surface area contributed by atoms with Crippen LogP contribution in [0.15, 0.2) is 60.8 Å². The molecule has 2 aromatic rings. The van der Waals surface area contributed by atoms with Crippen LogP contribution in [0.4, 0.5) is 0 Å². The second-order valence-corrected chi connectivity index (χ2v) is 7.64. The van der Waals surface area contributed by atoms with Crippen molar-refractivity contribution in [2.45, 2.75) is 45.2 Å². The topological polar surface area (TPSA) is 57.7 Å². The highest BCUT2D eigenvalue weighted by atomic mass is 16.2. The standard InChI is InChI=1S/C24H24N2O3/c1-3-7-17-11-12-19-20(14-17)23(28)26(22(19)27)21-13-10-16(2)25(24(21)29)15-18-8-5-4-6-9-18/h4-6,8-9,11-12,14,21H,2-3,7,10,13,15H2,1H3. The lowest BCUT2D eigenvalue weighted by Crippen LogP contribution is -2.53. The van der Waals surface area contributed by atoms with Crippen molar-refractivity contribution in [3.05, 3.63) is 83.1 Å². The van der Waals surface area contributed by atoms with E-state index in [1.165, 1.54) is 0 Å². The molecule has 0 bridgehead atoms. The molecule has 1 unspecified atom stereocenters. The van der Waals surface area contributed by atoms with Gasteiger partial charge in [-0.3, -0.25) is 19.3 Å². The summed E-state index contributed by atoms with van der Waals surface area (Å²) in [4.78, 5) is 42.1. The maximum atomic E-state index is 13.3. The quantitative estimate of drug-likeness (QED) is 0.729. The van der Waals surface area contributed by atoms with Gasteiger partial charge in [-0.2, -0.15) is 0 Å². The molecule has 2 heterocycles. The molecule has 2 aliphatic heterocycles. The number of benzene rings is 2. The van der Waals surface area contributed by atoms with Crippen LogP contribution in [0, 0.1) is 0 Å². The predicted molar refractivity (Wildman–Crippen MR) is 110 cm³/mol. The molecule has 1 fully saturated rings. The van der Waals surface area contributed by atoms with Crippen LogP contribution in [0.5, 0.6) is 0 Å². The van der Waals surface area contributed by atoms with Crippen molar-refractivity contribution >= 4 is 17.7 Å². The van der Waals surface area contributed by atoms with Gasteiger partial charge in [-0.15, -0.1) is 0 Å². The molecule has 148 valence electrons. The maximum Gasteiger partial charge on any atom is 0.262 e. The molecule has 1 saturated heterocycles. The summed E-state index contributed by atoms with van der Waals surface area (Å²) in [6.45, 7) is 6.49. The van der Waals surface area contributed by atoms with Gasteiger partial charge in [0.25, 0.3) is 11.8 Å². The lowest BCUT2D eigenvalue weighted by atomic mass is 9.99. The number of carbonyl (C=O) groups excluding carboxylic acids is 3. The van der Waals surface area contributed by atoms with Gasteiger partial charge in [-0.1, -0.05) is 56.3 Å². The number of piperidine rings is 1. The summed E-state index contributed by atoms with van der Waals surface area (Å²) in [6.07, 6.45) is 2.79. The van der Waals surface area contributed by atoms with Crippen molar-refractivity contribution in [2.75, 3.05) is 0 Å². The summed E-state index contributed by atoms with van der Waals surface area (Å²) >= 11 is 0. The van der Waals surface area contributed by atoms with Crippen molar-refractivity contribution in [2.24, 2.45) is 0 Å². The monoisotopic (exact) mass is 388 g/mol. The Morgan fingerprint density at radius 2 is 1.69 bits per heavy atom. The van der Waals surface area contributed by atoms with E-state index in [4.69, 9.17) is 0 Å². The molecular weight excluding hydrogens is 364 g/mol. The largest absolute Gasteiger partial charge is 0.311 e. The molecule has 0 spiro atoms. The number of hydrogen-bond donors (Lipinski definition) is 0. The minimum atomic E-state index is -0.786. The van der Waals surface area contributed by atoms with Crippen molar-refractivity contribution in [1.82, 2.24) is 9.80 Å². The fourth-order valence-corrected chi connectivity index (χ4v) is 4.13. The highest BCUT2D eigenvalue weighted by molar-refractivity contribution is 6.23. The maximum absolute atomic E-state index is 13.3. The van der Waals surface area contributed by atoms with Gasteiger partial charge in [0.05, 0.1) is 17.7 Å². The molecule has 1 atom stereocenters. The number of allylic oxidation sites excluding steroid dienone is 1. The van der Waals surface area contributed by atoms with Gasteiger partial charge >= 0.3 is 0 Å². The van der Waals surface area contributed by atoms with Crippen LogP contribution in [-0.4, -0.2) is 33.6 Å². The van der Waals surface area contributed by atoms with Gasteiger partial charge in [-0.25, -0.2) is 0 Å². The van der Waals surface area contributed by atoms with Crippen LogP contribution in [-0.2, 0) is 17.8 Å². The molecule has 0 aliphatic carbocycles. The van der Waals surface area contributed by atoms with Crippen LogP contribution < -0.4 is 0 Å². The number of amides is 3. The Kier molecular flexibility index (Phi) is 5.05. The fraction of sp³-hybridized carbons (Fsp3) is 0.292. The number of rotatable bonds is 5. The van der Waals surface area contributed by atoms with Gasteiger partial charge in [0.2, 0.25) is 5.91 Å². The summed E-state index contributed by atoms with van der Waals surface area (Å²) in [7, 11) is 0. The molecule has 0 aromatic heterocycles. The van der Waals surface area contributed by atoms with Gasteiger partial charge in [0, 0.05) is 5.70 Å². The first kappa shape index (κ1) is 19.1. The van der Waals surface area contributed by atoms with E-state index in [1.807, 2.05) is 36.4 Å². The van der Waals surface area contributed by atoms with E-state index in [-0.39, 0.29) is 17.7 Å². The molecule has 5 nitrogen and oxygen atoms in total. The zero-order valence-corrected chi connectivity index (χ0v) is 16.6. The van der Waals surface area contributed by atoms with Crippen LogP contribution in [0.1, 0.15) is 58.0 Å². The Balaban J connectivity index is 1.60. The SMILES string of the molecule is C=C1CCC(N2C(=O)c3ccc(CCC)cc3C2=O)C(=O)N1Cc1ccccc1. The average molecular weight is 388 g/mol. The minimum Gasteiger partial charge on any atom is -0.311 e. The first-order valence-electron chi connectivity index (χ1n) is 10.0. The molecule has 2 aliphatic rings. The van der Waals surface area contributed by atoms with E-state index in [0.717, 1.165) is 34.6 Å². The number of likely N-dealkylation sites (tertiary alicyclic amines) is 1. The fourth-order valence-electron chi connectivity index (χ4n) is 4.13. The van der Waals surface area contributed by atoms with Crippen molar-refractivity contribution in [3.8, 4) is 0 Å². The minimum absolute atomic E-state index is 0.242. The van der Waals surface area contributed by atoms with Crippen LogP contribution >= 0.6 is 0 Å². The van der Waals surface area contributed by atoms with E-state index >= 15 is 0 Å². The highest BCUT2D eigenvalue weighted by Gasteiger charge is 2.45. The van der Waals surface area contributed by atoms with Gasteiger partial charge in [-0.05, 0) is 42.5 Å². The van der Waals surface area contributed by atoms with Gasteiger partial charge < -0.3 is 4.90 Å². The summed E-state index contributed by atoms with van der Waals surface area (Å²) in [5.41, 5.74) is 3.53. The van der Waals surface area contributed by atoms with Crippen molar-refractivity contribution in [3.63, 3.8) is 0 Å². The Bertz CT molecular complexity index is 996. The number of nitrogens with zero attached hydrogens (tertiary/aromatic N) is 2. The number of imide groups is 1. The number of hydrogen-bond acceptors (Lipinski definition) is 3. The summed E-state index contributed by atoms with van der Waals surface area (Å²) in [5.74, 6) is -0.986. The molecule has 0 radical (unpaired) electrons. The Hall–Kier alpha value is -3.21. The van der Waals surface area contributed by atoms with Gasteiger partial charge in [0.15, 0.2) is 0 Å². The van der Waals surface area contributed by atoms with E-state index in [9.17, 15) is 14.4 Å². The Morgan fingerprint density at radius 3 is 2.41 bits per heavy atom. The molecule has 5 heteroatoms. The van der Waals surface area contributed by atoms with Crippen LogP contribution in [0.3, 0.4) is 0 Å². The molecule has 0 saturated carbocycles. The summed E-state index contributed by atoms with van der Waals surface area (Å²) < 4.78 is 0. The molecule has 3 amide bonds. The molecule has 2 aromatic carbocycles. The molecular formula is C24H24N2O3. The Morgan fingerprint density at radius 1 is 0.966 bits per heavy atom. The lowest BCUT2D eigenvalue weighted by Gasteiger charge is -2.37. The third-order valence-electron chi connectivity index (χ3n) is 5.66. The predicted octanol–water partition coefficient (Wildman–Crippen LogP) is 3.94. The van der Waals surface area contributed by atoms with E-state index in [2.05, 4.69) is 13.5 Å². The molecule has 29 heavy (non-hydrogen) atoms. The van der Waals surface area contributed by atoms with E-state index in [0.29, 0.717) is 30.5 Å². The number of aryl methyl sites for hydroxylation is 1. The average Bonchev–Trinajstić information content (AvgIpc) is 2.97. The zero-order valence-electron chi connectivity index (χ0n) is 16.6. The normalized spacial score (nSPS) is 19.1. The first-order chi connectivity index (χ1) is 14.0. The number of carbonyl (C=O) groups is 3. The zero-order chi connectivity index (χ0) is 20.5. The first-order valence-corrected chi connectivity index (χ1v) is 10.0. The second-order valence-electron chi connectivity index (χ2n) is 7.64. The summed E-state index contributed by atoms with van der Waals surface area (Å²) in [5, 5.41) is 0. The Labute approximate surface area is 170 Å². The highest BCUT2D eigenvalue weighted by Crippen LogP contribution is 2.32. The van der Waals surface area contributed by atoms with E-state index < -0.39 is 6.04 Å². The van der Waals surface area contributed by atoms with Crippen LogP contribution in [0.2, 0.25) is 0 Å². The second kappa shape index (κ2) is 7.66.